The van der Waals surface area contributed by atoms with E-state index in [0.717, 1.165) is 36.2 Å². The minimum absolute atomic E-state index is 0.151. The Morgan fingerprint density at radius 1 is 1.26 bits per heavy atom. The van der Waals surface area contributed by atoms with Gasteiger partial charge in [-0.05, 0) is 30.9 Å². The van der Waals surface area contributed by atoms with Gasteiger partial charge in [-0.25, -0.2) is 9.97 Å². The number of carbonyl (C=O) groups excluding carboxylic acids is 1. The standard InChI is InChI=1S/C18H22N4O/c1-4-11-7-6-8-12(5-2)15(11)18-21-10(3)14(13-9-20-13)16(22-18)17(19)23/h6-8,13,20H,4-5,9H2,1-3H3,(H2,19,23)/t13-/m1/s1. The summed E-state index contributed by atoms with van der Waals surface area (Å²) in [5, 5.41) is 3.20. The third-order valence-corrected chi connectivity index (χ3v) is 4.35. The number of hydrogen-bond acceptors (Lipinski definition) is 4. The summed E-state index contributed by atoms with van der Waals surface area (Å²) in [6, 6.07) is 6.39. The molecule has 23 heavy (non-hydrogen) atoms. The Morgan fingerprint density at radius 3 is 2.35 bits per heavy atom. The van der Waals surface area contributed by atoms with Crippen LogP contribution in [0.15, 0.2) is 18.2 Å². The molecule has 0 saturated carbocycles. The first kappa shape index (κ1) is 15.6. The Balaban J connectivity index is 2.24. The molecule has 3 rings (SSSR count). The van der Waals surface area contributed by atoms with Gasteiger partial charge in [-0.2, -0.15) is 0 Å². The van der Waals surface area contributed by atoms with Crippen LogP contribution in [0.25, 0.3) is 11.4 Å². The van der Waals surface area contributed by atoms with E-state index in [1.54, 1.807) is 0 Å². The maximum Gasteiger partial charge on any atom is 0.267 e. The van der Waals surface area contributed by atoms with Gasteiger partial charge in [0.05, 0.1) is 0 Å². The molecule has 0 radical (unpaired) electrons. The number of benzene rings is 1. The van der Waals surface area contributed by atoms with Crippen LogP contribution in [0.5, 0.6) is 0 Å². The van der Waals surface area contributed by atoms with Crippen LogP contribution in [-0.2, 0) is 12.8 Å². The van der Waals surface area contributed by atoms with Crippen molar-refractivity contribution < 1.29 is 4.79 Å². The number of hydrogen-bond donors (Lipinski definition) is 2. The molecule has 120 valence electrons. The molecule has 0 bridgehead atoms. The maximum atomic E-state index is 11.9. The van der Waals surface area contributed by atoms with Crippen LogP contribution in [-0.4, -0.2) is 22.4 Å². The number of aromatic nitrogens is 2. The number of nitrogens with zero attached hydrogens (tertiary/aromatic N) is 2. The maximum absolute atomic E-state index is 11.9. The van der Waals surface area contributed by atoms with Crippen molar-refractivity contribution in [2.45, 2.75) is 39.7 Å². The predicted molar refractivity (Wildman–Crippen MR) is 90.2 cm³/mol. The Kier molecular flexibility index (Phi) is 4.13. The van der Waals surface area contributed by atoms with Crippen molar-refractivity contribution in [1.82, 2.24) is 15.3 Å². The van der Waals surface area contributed by atoms with Crippen molar-refractivity contribution in [2.24, 2.45) is 5.73 Å². The SMILES string of the molecule is CCc1cccc(CC)c1-c1nc(C)c([C@H]2CN2)c(C(N)=O)n1. The van der Waals surface area contributed by atoms with E-state index in [1.807, 2.05) is 6.92 Å². The molecule has 0 unspecified atom stereocenters. The number of primary amides is 1. The molecule has 1 aliphatic rings. The lowest BCUT2D eigenvalue weighted by Gasteiger charge is -2.15. The third kappa shape index (κ3) is 2.84. The second-order valence-corrected chi connectivity index (χ2v) is 5.88. The fourth-order valence-corrected chi connectivity index (χ4v) is 3.09. The minimum Gasteiger partial charge on any atom is -0.364 e. The first-order valence-electron chi connectivity index (χ1n) is 8.09. The summed E-state index contributed by atoms with van der Waals surface area (Å²) < 4.78 is 0. The van der Waals surface area contributed by atoms with Crippen LogP contribution in [0.3, 0.4) is 0 Å². The van der Waals surface area contributed by atoms with Crippen LogP contribution in [0.1, 0.15) is 52.8 Å². The van der Waals surface area contributed by atoms with E-state index in [-0.39, 0.29) is 6.04 Å². The number of carbonyl (C=O) groups is 1. The van der Waals surface area contributed by atoms with Gasteiger partial charge in [-0.3, -0.25) is 4.79 Å². The fourth-order valence-electron chi connectivity index (χ4n) is 3.09. The van der Waals surface area contributed by atoms with E-state index in [9.17, 15) is 4.79 Å². The summed E-state index contributed by atoms with van der Waals surface area (Å²) in [4.78, 5) is 21.2. The second-order valence-electron chi connectivity index (χ2n) is 5.88. The zero-order chi connectivity index (χ0) is 16.6. The average Bonchev–Trinajstić information content (AvgIpc) is 3.37. The Bertz CT molecular complexity index is 744. The Morgan fingerprint density at radius 2 is 1.87 bits per heavy atom. The minimum atomic E-state index is -0.493. The van der Waals surface area contributed by atoms with Crippen LogP contribution >= 0.6 is 0 Å². The highest BCUT2D eigenvalue weighted by molar-refractivity contribution is 5.93. The molecule has 5 nitrogen and oxygen atoms in total. The number of rotatable bonds is 5. The van der Waals surface area contributed by atoms with Gasteiger partial charge in [0.25, 0.3) is 5.91 Å². The van der Waals surface area contributed by atoms with Crippen LogP contribution in [0, 0.1) is 6.92 Å². The lowest BCUT2D eigenvalue weighted by atomic mass is 9.96. The molecule has 1 atom stereocenters. The van der Waals surface area contributed by atoms with E-state index >= 15 is 0 Å². The molecule has 0 aliphatic carbocycles. The molecule has 1 fully saturated rings. The lowest BCUT2D eigenvalue weighted by molar-refractivity contribution is 0.0994. The van der Waals surface area contributed by atoms with Gasteiger partial charge in [0, 0.05) is 29.4 Å². The fraction of sp³-hybridized carbons (Fsp3) is 0.389. The molecule has 5 heteroatoms. The van der Waals surface area contributed by atoms with Crippen molar-refractivity contribution in [3.05, 3.63) is 46.3 Å². The van der Waals surface area contributed by atoms with E-state index in [4.69, 9.17) is 10.7 Å². The Labute approximate surface area is 136 Å². The normalized spacial score (nSPS) is 16.4. The first-order valence-corrected chi connectivity index (χ1v) is 8.09. The topological polar surface area (TPSA) is 90.8 Å². The molecule has 1 saturated heterocycles. The quantitative estimate of drug-likeness (QED) is 0.829. The first-order chi connectivity index (χ1) is 11.1. The number of aryl methyl sites for hydroxylation is 3. The van der Waals surface area contributed by atoms with E-state index in [0.29, 0.717) is 11.5 Å². The molecule has 1 aromatic carbocycles. The highest BCUT2D eigenvalue weighted by Gasteiger charge is 2.31. The van der Waals surface area contributed by atoms with Crippen molar-refractivity contribution in [2.75, 3.05) is 6.54 Å². The number of amides is 1. The van der Waals surface area contributed by atoms with E-state index < -0.39 is 5.91 Å². The second kappa shape index (κ2) is 6.08. The van der Waals surface area contributed by atoms with Gasteiger partial charge in [0.1, 0.15) is 5.69 Å². The lowest BCUT2D eigenvalue weighted by Crippen LogP contribution is -2.19. The number of nitrogens with one attached hydrogen (secondary N) is 1. The summed E-state index contributed by atoms with van der Waals surface area (Å²) in [7, 11) is 0. The molecule has 2 aromatic rings. The van der Waals surface area contributed by atoms with Gasteiger partial charge in [0.15, 0.2) is 5.82 Å². The molecule has 1 aromatic heterocycles. The van der Waals surface area contributed by atoms with Gasteiger partial charge < -0.3 is 11.1 Å². The van der Waals surface area contributed by atoms with Crippen molar-refractivity contribution in [3.8, 4) is 11.4 Å². The highest BCUT2D eigenvalue weighted by Crippen LogP contribution is 2.31. The average molecular weight is 310 g/mol. The van der Waals surface area contributed by atoms with Gasteiger partial charge >= 0.3 is 0 Å². The van der Waals surface area contributed by atoms with Gasteiger partial charge in [-0.1, -0.05) is 32.0 Å². The van der Waals surface area contributed by atoms with Crippen molar-refractivity contribution in [1.29, 1.82) is 0 Å². The molecular formula is C18H22N4O. The molecule has 2 heterocycles. The van der Waals surface area contributed by atoms with Crippen LogP contribution in [0.4, 0.5) is 0 Å². The van der Waals surface area contributed by atoms with Crippen LogP contribution in [0.2, 0.25) is 0 Å². The molecular weight excluding hydrogens is 288 g/mol. The van der Waals surface area contributed by atoms with E-state index in [2.05, 4.69) is 42.3 Å². The highest BCUT2D eigenvalue weighted by atomic mass is 16.1. The van der Waals surface area contributed by atoms with Crippen molar-refractivity contribution in [3.63, 3.8) is 0 Å². The zero-order valence-electron chi connectivity index (χ0n) is 13.8. The summed E-state index contributed by atoms with van der Waals surface area (Å²) in [5.41, 5.74) is 11.0. The van der Waals surface area contributed by atoms with Crippen LogP contribution < -0.4 is 11.1 Å². The monoisotopic (exact) mass is 310 g/mol. The summed E-state index contributed by atoms with van der Waals surface area (Å²) in [6.45, 7) is 6.99. The summed E-state index contributed by atoms with van der Waals surface area (Å²) >= 11 is 0. The Hall–Kier alpha value is -2.27. The van der Waals surface area contributed by atoms with E-state index in [1.165, 1.54) is 11.1 Å². The summed E-state index contributed by atoms with van der Waals surface area (Å²) in [5.74, 6) is 0.113. The van der Waals surface area contributed by atoms with Gasteiger partial charge in [0.2, 0.25) is 0 Å². The van der Waals surface area contributed by atoms with Crippen molar-refractivity contribution >= 4 is 5.91 Å². The molecule has 1 aliphatic heterocycles. The molecule has 1 amide bonds. The smallest absolute Gasteiger partial charge is 0.267 e. The summed E-state index contributed by atoms with van der Waals surface area (Å²) in [6.07, 6.45) is 1.78. The predicted octanol–water partition coefficient (Wildman–Crippen LogP) is 2.32. The zero-order valence-corrected chi connectivity index (χ0v) is 13.8. The third-order valence-electron chi connectivity index (χ3n) is 4.35. The largest absolute Gasteiger partial charge is 0.364 e. The van der Waals surface area contributed by atoms with Gasteiger partial charge in [-0.15, -0.1) is 0 Å². The molecule has 0 spiro atoms. The number of nitrogens with two attached hydrogens (primary N) is 1. The molecule has 3 N–H and O–H groups in total.